The zero-order valence-corrected chi connectivity index (χ0v) is 25.6. The first-order valence-electron chi connectivity index (χ1n) is 13.3. The van der Waals surface area contributed by atoms with Gasteiger partial charge < -0.3 is 25.2 Å². The molecule has 0 saturated carbocycles. The van der Waals surface area contributed by atoms with E-state index >= 15 is 0 Å². The van der Waals surface area contributed by atoms with Gasteiger partial charge in [0.15, 0.2) is 5.13 Å². The number of halogens is 3. The lowest BCUT2D eigenvalue weighted by Gasteiger charge is -2.39. The van der Waals surface area contributed by atoms with Crippen LogP contribution in [0.3, 0.4) is 0 Å². The minimum atomic E-state index is -4.96. The smallest absolute Gasteiger partial charge is 0.477 e. The van der Waals surface area contributed by atoms with Crippen molar-refractivity contribution in [2.45, 2.75) is 56.6 Å². The number of carbonyl (C=O) groups is 2. The first-order valence-corrected chi connectivity index (χ1v) is 15.6. The van der Waals surface area contributed by atoms with E-state index in [0.717, 1.165) is 51.0 Å². The highest BCUT2D eigenvalue weighted by atomic mass is 32.2. The van der Waals surface area contributed by atoms with Gasteiger partial charge in [0.2, 0.25) is 15.9 Å². The number of aliphatic hydroxyl groups is 1. The highest BCUT2D eigenvalue weighted by molar-refractivity contribution is 7.89. The molecule has 2 aromatic carbocycles. The number of anilines is 1. The summed E-state index contributed by atoms with van der Waals surface area (Å²) in [6.07, 6.45) is -4.96. The van der Waals surface area contributed by atoms with E-state index in [-0.39, 0.29) is 52.2 Å². The van der Waals surface area contributed by atoms with E-state index in [0.29, 0.717) is 0 Å². The minimum Gasteiger partial charge on any atom is -0.477 e. The number of alkyl halides is 3. The average molecular weight is 657 g/mol. The molecule has 238 valence electrons. The Morgan fingerprint density at radius 3 is 2.23 bits per heavy atom. The normalized spacial score (nSPS) is 16.5. The number of thiazole rings is 1. The molecule has 1 atom stereocenters. The van der Waals surface area contributed by atoms with Gasteiger partial charge in [0.1, 0.15) is 16.7 Å². The number of carboxylic acid groups (broad SMARTS) is 1. The Labute approximate surface area is 255 Å². The standard InChI is InChI=1S/C28H31F3N4O7S2/c1-27(2,3)18-6-4-17(5-7-18)14-32-24(37)22-15-34(26-33-21(16-36)23(43-26)25(38)39)12-13-35(22)44(40,41)20-10-8-19(9-11-20)42-28(29,30)31/h4-11,22,36H,12-16H2,1-3H3,(H,32,37)(H,38,39). The molecule has 1 saturated heterocycles. The number of hydrogen-bond acceptors (Lipinski definition) is 9. The fourth-order valence-corrected chi connectivity index (χ4v) is 7.09. The first kappa shape index (κ1) is 33.2. The van der Waals surface area contributed by atoms with Crippen molar-refractivity contribution in [3.05, 3.63) is 70.2 Å². The lowest BCUT2D eigenvalue weighted by Crippen LogP contribution is -2.60. The number of amides is 1. The molecular formula is C28H31F3N4O7S2. The molecule has 2 heterocycles. The molecule has 1 aromatic heterocycles. The van der Waals surface area contributed by atoms with Crippen LogP contribution in [0.4, 0.5) is 18.3 Å². The van der Waals surface area contributed by atoms with Gasteiger partial charge >= 0.3 is 12.3 Å². The number of piperazine rings is 1. The number of hydrogen-bond donors (Lipinski definition) is 3. The number of nitrogens with zero attached hydrogens (tertiary/aromatic N) is 3. The predicted molar refractivity (Wildman–Crippen MR) is 155 cm³/mol. The Balaban J connectivity index is 1.61. The van der Waals surface area contributed by atoms with Crippen LogP contribution in [0.1, 0.15) is 47.3 Å². The number of sulfonamides is 1. The zero-order valence-electron chi connectivity index (χ0n) is 24.0. The maximum Gasteiger partial charge on any atom is 0.573 e. The predicted octanol–water partition coefficient (Wildman–Crippen LogP) is 3.73. The van der Waals surface area contributed by atoms with Crippen LogP contribution in [0.15, 0.2) is 53.4 Å². The van der Waals surface area contributed by atoms with Crippen LogP contribution in [0.5, 0.6) is 5.75 Å². The van der Waals surface area contributed by atoms with Gasteiger partial charge in [-0.2, -0.15) is 4.31 Å². The van der Waals surface area contributed by atoms with Gasteiger partial charge in [-0.15, -0.1) is 13.2 Å². The molecule has 16 heteroatoms. The molecule has 0 bridgehead atoms. The highest BCUT2D eigenvalue weighted by Gasteiger charge is 2.41. The van der Waals surface area contributed by atoms with Crippen molar-refractivity contribution in [2.75, 3.05) is 24.5 Å². The molecule has 1 fully saturated rings. The van der Waals surface area contributed by atoms with Crippen molar-refractivity contribution in [2.24, 2.45) is 0 Å². The summed E-state index contributed by atoms with van der Waals surface area (Å²) in [6, 6.07) is 9.92. The second kappa shape index (κ2) is 12.7. The molecule has 4 rings (SSSR count). The highest BCUT2D eigenvalue weighted by Crippen LogP contribution is 2.31. The second-order valence-corrected chi connectivity index (χ2v) is 13.9. The Hall–Kier alpha value is -3.73. The lowest BCUT2D eigenvalue weighted by atomic mass is 9.87. The topological polar surface area (TPSA) is 149 Å². The number of carboxylic acids is 1. The van der Waals surface area contributed by atoms with Crippen LogP contribution < -0.4 is 15.0 Å². The number of benzene rings is 2. The van der Waals surface area contributed by atoms with Crippen molar-refractivity contribution < 1.29 is 46.1 Å². The minimum absolute atomic E-state index is 0.0178. The molecule has 44 heavy (non-hydrogen) atoms. The fraction of sp³-hybridized carbons (Fsp3) is 0.393. The molecular weight excluding hydrogens is 625 g/mol. The van der Waals surface area contributed by atoms with Crippen molar-refractivity contribution in [1.82, 2.24) is 14.6 Å². The van der Waals surface area contributed by atoms with Gasteiger partial charge in [0.05, 0.1) is 17.2 Å². The molecule has 11 nitrogen and oxygen atoms in total. The van der Waals surface area contributed by atoms with Gasteiger partial charge in [0.25, 0.3) is 0 Å². The fourth-order valence-electron chi connectivity index (χ4n) is 4.57. The summed E-state index contributed by atoms with van der Waals surface area (Å²) in [6.45, 7) is 5.25. The van der Waals surface area contributed by atoms with Crippen LogP contribution >= 0.6 is 11.3 Å². The molecule has 3 N–H and O–H groups in total. The van der Waals surface area contributed by atoms with E-state index in [1.54, 1.807) is 4.90 Å². The van der Waals surface area contributed by atoms with E-state index in [2.05, 4.69) is 35.8 Å². The third kappa shape index (κ3) is 7.67. The van der Waals surface area contributed by atoms with Gasteiger partial charge in [-0.05, 0) is 40.8 Å². The van der Waals surface area contributed by atoms with Gasteiger partial charge in [-0.25, -0.2) is 18.2 Å². The van der Waals surface area contributed by atoms with E-state index in [1.807, 2.05) is 24.3 Å². The van der Waals surface area contributed by atoms with Crippen molar-refractivity contribution in [3.8, 4) is 5.75 Å². The Morgan fingerprint density at radius 1 is 1.07 bits per heavy atom. The number of nitrogens with one attached hydrogen (secondary N) is 1. The van der Waals surface area contributed by atoms with Crippen LogP contribution in [0.2, 0.25) is 0 Å². The van der Waals surface area contributed by atoms with E-state index in [4.69, 9.17) is 0 Å². The summed E-state index contributed by atoms with van der Waals surface area (Å²) in [5.41, 5.74) is 1.72. The molecule has 3 aromatic rings. The number of aliphatic hydroxyl groups excluding tert-OH is 1. The monoisotopic (exact) mass is 656 g/mol. The van der Waals surface area contributed by atoms with Crippen LogP contribution in [-0.2, 0) is 33.4 Å². The summed E-state index contributed by atoms with van der Waals surface area (Å²) in [5.74, 6) is -2.54. The first-order chi connectivity index (χ1) is 20.5. The maximum absolute atomic E-state index is 13.7. The van der Waals surface area contributed by atoms with Crippen LogP contribution in [-0.4, -0.2) is 71.8 Å². The Kier molecular flexibility index (Phi) is 9.58. The molecule has 1 unspecified atom stereocenters. The Bertz CT molecular complexity index is 1600. The van der Waals surface area contributed by atoms with Gasteiger partial charge in [-0.1, -0.05) is 56.4 Å². The molecule has 0 radical (unpaired) electrons. The summed E-state index contributed by atoms with van der Waals surface area (Å²) in [5, 5.41) is 22.0. The number of aromatic nitrogens is 1. The molecule has 1 amide bonds. The van der Waals surface area contributed by atoms with E-state index < -0.39 is 46.7 Å². The molecule has 0 spiro atoms. The van der Waals surface area contributed by atoms with E-state index in [9.17, 15) is 41.4 Å². The molecule has 0 aliphatic carbocycles. The Morgan fingerprint density at radius 2 is 1.70 bits per heavy atom. The SMILES string of the molecule is CC(C)(C)c1ccc(CNC(=O)C2CN(c3nc(CO)c(C(=O)O)s3)CCN2S(=O)(=O)c2ccc(OC(F)(F)F)cc2)cc1. The lowest BCUT2D eigenvalue weighted by molar-refractivity contribution is -0.274. The molecule has 1 aliphatic rings. The third-order valence-corrected chi connectivity index (χ3v) is 9.95. The third-order valence-electron chi connectivity index (χ3n) is 6.89. The quantitative estimate of drug-likeness (QED) is 0.313. The van der Waals surface area contributed by atoms with E-state index in [1.165, 1.54) is 0 Å². The van der Waals surface area contributed by atoms with Crippen molar-refractivity contribution >= 4 is 38.4 Å². The van der Waals surface area contributed by atoms with Crippen molar-refractivity contribution in [1.29, 1.82) is 0 Å². The second-order valence-electron chi connectivity index (χ2n) is 11.0. The zero-order chi connectivity index (χ0) is 32.4. The van der Waals surface area contributed by atoms with Gasteiger partial charge in [0, 0.05) is 26.2 Å². The van der Waals surface area contributed by atoms with Crippen molar-refractivity contribution in [3.63, 3.8) is 0 Å². The van der Waals surface area contributed by atoms with Gasteiger partial charge in [-0.3, -0.25) is 4.79 Å². The molecule has 1 aliphatic heterocycles. The maximum atomic E-state index is 13.7. The summed E-state index contributed by atoms with van der Waals surface area (Å²) >= 11 is 0.787. The summed E-state index contributed by atoms with van der Waals surface area (Å²) < 4.78 is 69.9. The number of carbonyl (C=O) groups excluding carboxylic acids is 1. The number of ether oxygens (including phenoxy) is 1. The average Bonchev–Trinajstić information content (AvgIpc) is 3.40. The van der Waals surface area contributed by atoms with Crippen LogP contribution in [0.25, 0.3) is 0 Å². The largest absolute Gasteiger partial charge is 0.573 e. The van der Waals surface area contributed by atoms with Crippen LogP contribution in [0, 0.1) is 0 Å². The summed E-state index contributed by atoms with van der Waals surface area (Å²) in [7, 11) is -4.39. The number of rotatable bonds is 9. The summed E-state index contributed by atoms with van der Waals surface area (Å²) in [4.78, 5) is 30.4. The number of aromatic carboxylic acids is 1.